The van der Waals surface area contributed by atoms with Gasteiger partial charge < -0.3 is 71.8 Å². The Morgan fingerprint density at radius 3 is 1.71 bits per heavy atom. The third-order valence-electron chi connectivity index (χ3n) is 14.9. The first-order valence-corrected chi connectivity index (χ1v) is 28.6. The predicted octanol–water partition coefficient (Wildman–Crippen LogP) is 9.20. The third kappa shape index (κ3) is 13.0. The van der Waals surface area contributed by atoms with Crippen LogP contribution in [-0.4, -0.2) is 107 Å². The molecule has 28 heteroatoms. The van der Waals surface area contributed by atoms with E-state index in [-0.39, 0.29) is 72.7 Å². The molecular weight excluding hydrogens is 1280 g/mol. The number of benzene rings is 7. The molecule has 0 unspecified atom stereocenters. The van der Waals surface area contributed by atoms with Crippen molar-refractivity contribution in [1.29, 1.82) is 0 Å². The maximum atomic E-state index is 15.8. The predicted molar refractivity (Wildman–Crippen MR) is 326 cm³/mol. The van der Waals surface area contributed by atoms with E-state index in [0.29, 0.717) is 22.0 Å². The fourth-order valence-corrected chi connectivity index (χ4v) is 11.7. The highest BCUT2D eigenvalue weighted by atomic mass is 35.5. The normalized spacial score (nSPS) is 18.2. The number of phenols is 5. The Labute approximate surface area is 532 Å². The zero-order valence-electron chi connectivity index (χ0n) is 45.5. The second kappa shape index (κ2) is 25.4. The van der Waals surface area contributed by atoms with Gasteiger partial charge >= 0.3 is 5.97 Å². The highest BCUT2D eigenvalue weighted by Gasteiger charge is 2.40. The van der Waals surface area contributed by atoms with Crippen molar-refractivity contribution in [3.8, 4) is 51.4 Å². The Balaban J connectivity index is 1.15. The number of halogens is 6. The van der Waals surface area contributed by atoms with Gasteiger partial charge in [-0.1, -0.05) is 106 Å². The molecule has 0 saturated heterocycles. The number of H-pyrrole nitrogens is 1. The molecular formula is C61H45Cl6N7O15. The number of aromatic amines is 1. The van der Waals surface area contributed by atoms with Gasteiger partial charge in [-0.3, -0.25) is 33.6 Å². The summed E-state index contributed by atoms with van der Waals surface area (Å²) in [6, 6.07) is 13.3. The maximum Gasteiger partial charge on any atom is 0.330 e. The molecule has 6 atom stereocenters. The van der Waals surface area contributed by atoms with Crippen LogP contribution in [0.25, 0.3) is 22.0 Å². The van der Waals surface area contributed by atoms with Crippen LogP contribution >= 0.6 is 69.6 Å². The summed E-state index contributed by atoms with van der Waals surface area (Å²) in [6.07, 6.45) is 0.782. The number of ether oxygens (including phenoxy) is 1. The summed E-state index contributed by atoms with van der Waals surface area (Å²) in [6.45, 7) is 0. The molecule has 1 aromatic heterocycles. The van der Waals surface area contributed by atoms with E-state index >= 15 is 19.2 Å². The van der Waals surface area contributed by atoms with E-state index < -0.39 is 133 Å². The molecule has 12 N–H and O–H groups in total. The second-order valence-corrected chi connectivity index (χ2v) is 23.1. The average molecular weight is 1330 g/mol. The summed E-state index contributed by atoms with van der Waals surface area (Å²) >= 11 is 38.0. The van der Waals surface area contributed by atoms with E-state index in [4.69, 9.17) is 74.3 Å². The summed E-state index contributed by atoms with van der Waals surface area (Å²) in [7, 11) is 1.19. The lowest BCUT2D eigenvalue weighted by Crippen LogP contribution is -2.55. The van der Waals surface area contributed by atoms with Gasteiger partial charge in [0, 0.05) is 48.1 Å². The Kier molecular flexibility index (Phi) is 17.8. The number of nitrogens with zero attached hydrogens (tertiary/aromatic N) is 1. The lowest BCUT2D eigenvalue weighted by Gasteiger charge is -2.33. The molecule has 22 nitrogen and oxygen atoms in total. The van der Waals surface area contributed by atoms with E-state index in [2.05, 4.69) is 31.6 Å². The van der Waals surface area contributed by atoms with Gasteiger partial charge in [-0.25, -0.2) is 4.79 Å². The number of carboxylic acids is 1. The topological polar surface area (TPSA) is 346 Å². The summed E-state index contributed by atoms with van der Waals surface area (Å²) in [4.78, 5) is 121. The monoisotopic (exact) mass is 1330 g/mol. The van der Waals surface area contributed by atoms with Crippen molar-refractivity contribution in [2.75, 3.05) is 7.05 Å². The number of aromatic nitrogens is 1. The van der Waals surface area contributed by atoms with E-state index in [9.17, 15) is 49.8 Å². The van der Waals surface area contributed by atoms with Gasteiger partial charge in [-0.2, -0.15) is 0 Å². The number of phenolic OH excluding ortho intramolecular Hbond substituents is 5. The van der Waals surface area contributed by atoms with Gasteiger partial charge in [-0.05, 0) is 118 Å². The third-order valence-corrected chi connectivity index (χ3v) is 16.6. The molecule has 0 saturated carbocycles. The van der Waals surface area contributed by atoms with Gasteiger partial charge in [0.05, 0.1) is 30.1 Å². The highest BCUT2D eigenvalue weighted by molar-refractivity contribution is 6.45. The highest BCUT2D eigenvalue weighted by Crippen LogP contribution is 2.44. The number of Topliss-reactive ketones (excluding diaryl/α,β-unsaturated/α-hetero) is 1. The molecule has 6 amide bonds. The number of amides is 6. The molecule has 5 heterocycles. The zero-order valence-corrected chi connectivity index (χ0v) is 50.0. The average Bonchev–Trinajstić information content (AvgIpc) is 1.98. The first kappa shape index (κ1) is 62.6. The summed E-state index contributed by atoms with van der Waals surface area (Å²) in [5, 5.41) is 75.0. The molecule has 8 aromatic rings. The Morgan fingerprint density at radius 2 is 1.13 bits per heavy atom. The zero-order chi connectivity index (χ0) is 64.0. The van der Waals surface area contributed by atoms with E-state index in [0.717, 1.165) is 41.3 Å². The number of nitrogens with one attached hydrogen (secondary N) is 6. The number of fused-ring (bicyclic) bond motifs is 15. The first-order chi connectivity index (χ1) is 42.2. The number of hydrogen-bond acceptors (Lipinski definition) is 14. The van der Waals surface area contributed by atoms with Crippen molar-refractivity contribution in [2.24, 2.45) is 0 Å². The Hall–Kier alpha value is -9.42. The lowest BCUT2D eigenvalue weighted by molar-refractivity contribution is -0.145. The van der Waals surface area contributed by atoms with E-state index in [1.807, 2.05) is 0 Å². The minimum absolute atomic E-state index is 0.00208. The van der Waals surface area contributed by atoms with Crippen molar-refractivity contribution < 1.29 is 73.7 Å². The standard InChI is InChI=1S/C61H45Cl6N7O15/c1-74-44(56(82)73-49(61(87)88)25-4-7-32(75)8-5-25)12-24-2-9-33(10-3-24)89-45-22-27-13-35(51(45)77)26-6-11-34-31(23-68-42(34)20-26)21-43(69-59(85)50(76)30-18-40(66)54(80)41(67)19-30)55(81)70-47(28-14-36(62)52(78)37(63)15-28)57(83)71-46(27)58(84)72-48(60(74)86)29-16-38(64)53(79)39(65)17-29/h2-11,13-20,22-23,43-44,46-49,68,75,77-80H,12,21H2,1H3,(H,69,85)(H,70,81)(H,71,83)(H,72,84)(H,73,82)(H,87,88)/t43-,44-,46+,47+,48-,49+/m0/s1. The number of likely N-dealkylation sites (N-methyl/N-ethyl adjacent to an activating group) is 1. The van der Waals surface area contributed by atoms with Crippen LogP contribution in [0.5, 0.6) is 40.2 Å². The molecule has 7 aromatic carbocycles. The summed E-state index contributed by atoms with van der Waals surface area (Å²) in [5.41, 5.74) is 0.449. The fourth-order valence-electron chi connectivity index (χ4n) is 10.2. The summed E-state index contributed by atoms with van der Waals surface area (Å²) in [5.74, 6) is -12.7. The molecule has 4 aliphatic heterocycles. The van der Waals surface area contributed by atoms with Gasteiger partial charge in [0.2, 0.25) is 35.3 Å². The quantitative estimate of drug-likeness (QED) is 0.0473. The van der Waals surface area contributed by atoms with Gasteiger partial charge in [0.15, 0.2) is 34.8 Å². The number of aliphatic carboxylic acids is 1. The van der Waals surface area contributed by atoms with Crippen LogP contribution in [0.2, 0.25) is 30.1 Å². The number of carbonyl (C=O) groups is 8. The van der Waals surface area contributed by atoms with E-state index in [1.165, 1.54) is 73.9 Å². The smallest absolute Gasteiger partial charge is 0.330 e. The largest absolute Gasteiger partial charge is 0.508 e. The number of aromatic hydroxyl groups is 5. The van der Waals surface area contributed by atoms with Crippen LogP contribution < -0.4 is 31.3 Å². The number of ketones is 1. The van der Waals surface area contributed by atoms with Crippen LogP contribution in [0.1, 0.15) is 67.9 Å². The lowest BCUT2D eigenvalue weighted by atomic mass is 9.94. The molecule has 0 fully saturated rings. The minimum atomic E-state index is -2.07. The van der Waals surface area contributed by atoms with Crippen molar-refractivity contribution in [1.82, 2.24) is 36.5 Å². The van der Waals surface area contributed by atoms with Gasteiger partial charge in [0.25, 0.3) is 5.91 Å². The number of carboxylic acid groups (broad SMARTS) is 1. The fraction of sp³-hybridized carbons (Fsp3) is 0.148. The number of rotatable bonds is 9. The molecule has 9 bridgehead atoms. The number of carbonyl (C=O) groups excluding carboxylic acids is 7. The van der Waals surface area contributed by atoms with Crippen LogP contribution in [0.15, 0.2) is 121 Å². The minimum Gasteiger partial charge on any atom is -0.508 e. The molecule has 12 rings (SSSR count). The van der Waals surface area contributed by atoms with E-state index in [1.54, 1.807) is 18.2 Å². The maximum absolute atomic E-state index is 15.8. The Bertz CT molecular complexity index is 4210. The molecule has 0 aliphatic carbocycles. The van der Waals surface area contributed by atoms with Gasteiger partial charge in [-0.15, -0.1) is 0 Å². The van der Waals surface area contributed by atoms with Crippen molar-refractivity contribution >= 4 is 128 Å². The van der Waals surface area contributed by atoms with Crippen molar-refractivity contribution in [3.05, 3.63) is 191 Å². The van der Waals surface area contributed by atoms with Crippen molar-refractivity contribution in [2.45, 2.75) is 49.1 Å². The molecule has 4 aliphatic rings. The van der Waals surface area contributed by atoms with Gasteiger partial charge in [0.1, 0.15) is 41.7 Å². The SMILES string of the molecule is CN1C(=O)[C@H](c2cc(Cl)c(O)c(Cl)c2)NC(=O)[C@@H]2NC(=O)[C@@H](c3cc(Cl)c(O)c(Cl)c3)NC(=O)[C@@H](NC(=O)C(=O)c3cc(Cl)c(O)c(Cl)c3)Cc3c[nH]c4cc(ccc34)-c3cc2cc(c3O)Oc2ccc(cc2)C[C@H]1C(=O)N[C@@H](C(=O)O)c1ccc(O)cc1. The van der Waals surface area contributed by atoms with Crippen LogP contribution in [-0.2, 0) is 46.4 Å². The molecule has 456 valence electrons. The first-order valence-electron chi connectivity index (χ1n) is 26.4. The number of hydrogen-bond donors (Lipinski definition) is 12. The second-order valence-electron chi connectivity index (χ2n) is 20.6. The van der Waals surface area contributed by atoms with Crippen LogP contribution in [0.4, 0.5) is 0 Å². The summed E-state index contributed by atoms with van der Waals surface area (Å²) < 4.78 is 6.37. The molecule has 0 spiro atoms. The van der Waals surface area contributed by atoms with Crippen molar-refractivity contribution in [3.63, 3.8) is 0 Å². The van der Waals surface area contributed by atoms with Crippen LogP contribution in [0, 0.1) is 0 Å². The Morgan fingerprint density at radius 1 is 0.607 bits per heavy atom. The molecule has 0 radical (unpaired) electrons. The molecule has 89 heavy (non-hydrogen) atoms. The van der Waals surface area contributed by atoms with Crippen LogP contribution in [0.3, 0.4) is 0 Å².